The van der Waals surface area contributed by atoms with Crippen LogP contribution in [0.4, 0.5) is 13.2 Å². The highest BCUT2D eigenvalue weighted by Gasteiger charge is 2.20. The monoisotopic (exact) mass is 379 g/mol. The Kier molecular flexibility index (Phi) is 4.80. The molecule has 0 atom stereocenters. The van der Waals surface area contributed by atoms with Gasteiger partial charge in [0.15, 0.2) is 11.5 Å². The number of halogens is 3. The van der Waals surface area contributed by atoms with Gasteiger partial charge in [0.1, 0.15) is 29.3 Å². The van der Waals surface area contributed by atoms with Crippen molar-refractivity contribution in [2.24, 2.45) is 0 Å². The van der Waals surface area contributed by atoms with Crippen molar-refractivity contribution in [1.82, 2.24) is 25.1 Å². The van der Waals surface area contributed by atoms with Crippen LogP contribution in [0.15, 0.2) is 30.7 Å². The summed E-state index contributed by atoms with van der Waals surface area (Å²) in [6, 6.07) is 3.42. The fourth-order valence-corrected chi connectivity index (χ4v) is 3.00. The van der Waals surface area contributed by atoms with Crippen molar-refractivity contribution in [1.29, 1.82) is 0 Å². The fourth-order valence-electron chi connectivity index (χ4n) is 3.00. The molecule has 27 heavy (non-hydrogen) atoms. The van der Waals surface area contributed by atoms with Crippen LogP contribution in [0.3, 0.4) is 0 Å². The number of piperidine rings is 1. The number of nitrogens with zero attached hydrogens (tertiary/aromatic N) is 4. The lowest BCUT2D eigenvalue weighted by molar-refractivity contribution is -0.0500. The highest BCUT2D eigenvalue weighted by molar-refractivity contribution is 5.81. The Morgan fingerprint density at radius 2 is 2.00 bits per heavy atom. The second kappa shape index (κ2) is 7.39. The minimum absolute atomic E-state index is 0.0372. The van der Waals surface area contributed by atoms with Gasteiger partial charge in [0.25, 0.3) is 0 Å². The quantitative estimate of drug-likeness (QED) is 0.735. The maximum Gasteiger partial charge on any atom is 0.387 e. The lowest BCUT2D eigenvalue weighted by Gasteiger charge is -2.23. The van der Waals surface area contributed by atoms with E-state index in [4.69, 9.17) is 4.74 Å². The van der Waals surface area contributed by atoms with E-state index in [1.165, 1.54) is 29.3 Å². The normalized spacial score (nSPS) is 15.4. The second-order valence-corrected chi connectivity index (χ2v) is 6.03. The Bertz CT molecular complexity index is 943. The van der Waals surface area contributed by atoms with Gasteiger partial charge in [-0.05, 0) is 38.1 Å². The van der Waals surface area contributed by atoms with E-state index in [1.807, 2.05) is 0 Å². The molecule has 3 heterocycles. The summed E-state index contributed by atoms with van der Waals surface area (Å²) < 4.78 is 50.4. The molecule has 0 amide bonds. The van der Waals surface area contributed by atoms with Gasteiger partial charge in [0.2, 0.25) is 5.88 Å². The third-order valence-electron chi connectivity index (χ3n) is 4.27. The number of ether oxygens (including phenoxy) is 2. The smallest absolute Gasteiger partial charge is 0.387 e. The summed E-state index contributed by atoms with van der Waals surface area (Å²) in [5.74, 6) is -0.652. The number of rotatable bonds is 5. The van der Waals surface area contributed by atoms with E-state index in [-0.39, 0.29) is 17.5 Å². The molecule has 3 aromatic rings. The van der Waals surface area contributed by atoms with Crippen LogP contribution in [-0.2, 0) is 0 Å². The minimum Gasteiger partial charge on any atom is -0.474 e. The first-order chi connectivity index (χ1) is 13.1. The van der Waals surface area contributed by atoms with E-state index in [2.05, 4.69) is 25.1 Å². The van der Waals surface area contributed by atoms with Crippen LogP contribution in [0.2, 0.25) is 0 Å². The van der Waals surface area contributed by atoms with Crippen LogP contribution >= 0.6 is 0 Å². The summed E-state index contributed by atoms with van der Waals surface area (Å²) in [6.07, 6.45) is 4.58. The van der Waals surface area contributed by atoms with Gasteiger partial charge in [-0.15, -0.1) is 0 Å². The van der Waals surface area contributed by atoms with Crippen molar-refractivity contribution in [3.8, 4) is 17.3 Å². The Labute approximate surface area is 152 Å². The lowest BCUT2D eigenvalue weighted by atomic mass is 10.1. The van der Waals surface area contributed by atoms with E-state index in [0.29, 0.717) is 16.9 Å². The molecule has 142 valence electrons. The molecule has 1 fully saturated rings. The molecule has 0 saturated carbocycles. The number of nitrogens with one attached hydrogen (secondary N) is 1. The van der Waals surface area contributed by atoms with Crippen molar-refractivity contribution in [3.63, 3.8) is 0 Å². The highest BCUT2D eigenvalue weighted by Crippen LogP contribution is 2.27. The van der Waals surface area contributed by atoms with Crippen molar-refractivity contribution in [2.45, 2.75) is 25.6 Å². The molecule has 0 bridgehead atoms. The van der Waals surface area contributed by atoms with Gasteiger partial charge in [0, 0.05) is 6.07 Å². The van der Waals surface area contributed by atoms with Gasteiger partial charge >= 0.3 is 6.61 Å². The van der Waals surface area contributed by atoms with E-state index < -0.39 is 12.4 Å². The van der Waals surface area contributed by atoms with Gasteiger partial charge in [-0.1, -0.05) is 0 Å². The van der Waals surface area contributed by atoms with Gasteiger partial charge in [0.05, 0.1) is 6.20 Å². The molecule has 0 unspecified atom stereocenters. The Hall–Kier alpha value is -2.88. The van der Waals surface area contributed by atoms with E-state index in [0.717, 1.165) is 32.0 Å². The minimum atomic E-state index is -3.02. The zero-order valence-electron chi connectivity index (χ0n) is 14.1. The second-order valence-electron chi connectivity index (χ2n) is 6.03. The van der Waals surface area contributed by atoms with Crippen LogP contribution < -0.4 is 14.8 Å². The Morgan fingerprint density at radius 3 is 2.74 bits per heavy atom. The summed E-state index contributed by atoms with van der Waals surface area (Å²) in [5.41, 5.74) is 0.411. The summed E-state index contributed by atoms with van der Waals surface area (Å²) in [7, 11) is 0. The zero-order valence-corrected chi connectivity index (χ0v) is 14.1. The van der Waals surface area contributed by atoms with E-state index >= 15 is 0 Å². The van der Waals surface area contributed by atoms with Crippen LogP contribution in [-0.4, -0.2) is 45.6 Å². The molecule has 1 aliphatic rings. The van der Waals surface area contributed by atoms with Crippen molar-refractivity contribution in [2.75, 3.05) is 13.1 Å². The molecule has 0 spiro atoms. The van der Waals surface area contributed by atoms with Gasteiger partial charge < -0.3 is 14.8 Å². The van der Waals surface area contributed by atoms with Crippen LogP contribution in [0.25, 0.3) is 16.7 Å². The van der Waals surface area contributed by atoms with Crippen molar-refractivity contribution >= 4 is 11.0 Å². The molecule has 7 nitrogen and oxygen atoms in total. The average molecular weight is 379 g/mol. The molecule has 1 aliphatic heterocycles. The molecular formula is C17H16F3N5O2. The topological polar surface area (TPSA) is 74.1 Å². The van der Waals surface area contributed by atoms with Crippen LogP contribution in [0, 0.1) is 5.82 Å². The molecule has 2 aromatic heterocycles. The van der Waals surface area contributed by atoms with Crippen molar-refractivity contribution in [3.05, 3.63) is 36.5 Å². The maximum absolute atomic E-state index is 14.4. The Balaban J connectivity index is 1.66. The summed E-state index contributed by atoms with van der Waals surface area (Å²) in [5, 5.41) is 7.97. The summed E-state index contributed by atoms with van der Waals surface area (Å²) >= 11 is 0. The molecule has 4 rings (SSSR count). The Morgan fingerprint density at radius 1 is 1.19 bits per heavy atom. The molecular weight excluding hydrogens is 363 g/mol. The number of hydrogen-bond acceptors (Lipinski definition) is 6. The third kappa shape index (κ3) is 3.65. The van der Waals surface area contributed by atoms with Crippen LogP contribution in [0.1, 0.15) is 12.8 Å². The number of hydrogen-bond donors (Lipinski definition) is 1. The van der Waals surface area contributed by atoms with E-state index in [1.54, 1.807) is 0 Å². The molecule has 0 aliphatic carbocycles. The predicted molar refractivity (Wildman–Crippen MR) is 89.8 cm³/mol. The molecule has 10 heteroatoms. The van der Waals surface area contributed by atoms with E-state index in [9.17, 15) is 13.2 Å². The maximum atomic E-state index is 14.4. The number of fused-ring (bicyclic) bond motifs is 1. The lowest BCUT2D eigenvalue weighted by Crippen LogP contribution is -2.34. The van der Waals surface area contributed by atoms with Crippen LogP contribution in [0.5, 0.6) is 11.6 Å². The fraction of sp³-hybridized carbons (Fsp3) is 0.353. The summed E-state index contributed by atoms with van der Waals surface area (Å²) in [4.78, 5) is 8.34. The SMILES string of the molecule is Fc1cc(OC(F)F)ccc1-n1ncc2c(OC3CCNCC3)ncnc21. The number of aromatic nitrogens is 4. The molecule has 1 saturated heterocycles. The number of benzene rings is 1. The summed E-state index contributed by atoms with van der Waals surface area (Å²) in [6.45, 7) is -1.28. The third-order valence-corrected chi connectivity index (χ3v) is 4.27. The predicted octanol–water partition coefficient (Wildman–Crippen LogP) is 2.69. The first kappa shape index (κ1) is 17.5. The van der Waals surface area contributed by atoms with Gasteiger partial charge in [-0.3, -0.25) is 0 Å². The molecule has 0 radical (unpaired) electrons. The number of alkyl halides is 2. The highest BCUT2D eigenvalue weighted by atomic mass is 19.3. The van der Waals surface area contributed by atoms with Gasteiger partial charge in [-0.25, -0.2) is 19.0 Å². The zero-order chi connectivity index (χ0) is 18.8. The molecule has 1 N–H and O–H groups in total. The first-order valence-electron chi connectivity index (χ1n) is 8.42. The largest absolute Gasteiger partial charge is 0.474 e. The molecule has 1 aromatic carbocycles. The van der Waals surface area contributed by atoms with Gasteiger partial charge in [-0.2, -0.15) is 13.9 Å². The standard InChI is InChI=1S/C17H16F3N5O2/c18-13-7-11(27-17(19)20)1-2-14(13)25-15-12(8-24-25)16(23-9-22-15)26-10-3-5-21-6-4-10/h1-2,7-10,17,21H,3-6H2. The van der Waals surface area contributed by atoms with Crippen molar-refractivity contribution < 1.29 is 22.6 Å². The first-order valence-corrected chi connectivity index (χ1v) is 8.42. The average Bonchev–Trinajstić information content (AvgIpc) is 3.07.